The van der Waals surface area contributed by atoms with Gasteiger partial charge in [-0.15, -0.1) is 32.2 Å². The number of halogens is 4. The van der Waals surface area contributed by atoms with Crippen molar-refractivity contribution in [2.75, 3.05) is 33.3 Å². The Morgan fingerprint density at radius 3 is 2.56 bits per heavy atom. The molecule has 0 spiro atoms. The summed E-state index contributed by atoms with van der Waals surface area (Å²) in [6, 6.07) is 4.49. The topological polar surface area (TPSA) is 33.7 Å². The molecule has 8 heteroatoms. The molecule has 1 heterocycles. The zero-order chi connectivity index (χ0) is 19.0. The summed E-state index contributed by atoms with van der Waals surface area (Å²) in [5, 5.41) is 3.33. The number of unbranched alkanes of at least 4 members (excludes halogenated alkanes) is 2. The minimum absolute atomic E-state index is 0. The quantitative estimate of drug-likeness (QED) is 0.474. The Labute approximate surface area is 165 Å². The van der Waals surface area contributed by atoms with Crippen molar-refractivity contribution < 1.29 is 22.6 Å². The van der Waals surface area contributed by atoms with Crippen LogP contribution < -0.4 is 14.8 Å². The van der Waals surface area contributed by atoms with E-state index >= 15 is 0 Å². The minimum atomic E-state index is -4.71. The summed E-state index contributed by atoms with van der Waals surface area (Å²) >= 11 is 0. The first-order valence-corrected chi connectivity index (χ1v) is 8.94. The number of allylic oxidation sites excluding steroid dienone is 1. The average molecular weight is 409 g/mol. The number of hydrogen-bond donors (Lipinski definition) is 1. The monoisotopic (exact) mass is 408 g/mol. The number of rotatable bonds is 9. The van der Waals surface area contributed by atoms with E-state index in [1.54, 1.807) is 6.07 Å². The van der Waals surface area contributed by atoms with Gasteiger partial charge in [0.15, 0.2) is 0 Å². The van der Waals surface area contributed by atoms with Crippen LogP contribution in [0.5, 0.6) is 11.5 Å². The first-order valence-electron chi connectivity index (χ1n) is 8.94. The molecule has 1 aliphatic rings. The van der Waals surface area contributed by atoms with Gasteiger partial charge < -0.3 is 14.8 Å². The van der Waals surface area contributed by atoms with Gasteiger partial charge in [0, 0.05) is 43.9 Å². The lowest BCUT2D eigenvalue weighted by Crippen LogP contribution is -2.45. The first kappa shape index (κ1) is 23.6. The number of nitrogens with zero attached hydrogens (tertiary/aromatic N) is 1. The van der Waals surface area contributed by atoms with Crippen molar-refractivity contribution in [3.8, 4) is 11.5 Å². The van der Waals surface area contributed by atoms with Gasteiger partial charge in [-0.2, -0.15) is 0 Å². The van der Waals surface area contributed by atoms with Crippen LogP contribution in [-0.2, 0) is 0 Å². The largest absolute Gasteiger partial charge is 0.573 e. The number of hydrogen-bond acceptors (Lipinski definition) is 4. The molecule has 27 heavy (non-hydrogen) atoms. The Morgan fingerprint density at radius 2 is 1.96 bits per heavy atom. The van der Waals surface area contributed by atoms with Crippen LogP contribution in [0.3, 0.4) is 0 Å². The van der Waals surface area contributed by atoms with Gasteiger partial charge in [-0.05, 0) is 25.3 Å². The van der Waals surface area contributed by atoms with E-state index in [-0.39, 0.29) is 24.2 Å². The fourth-order valence-electron chi connectivity index (χ4n) is 3.32. The van der Waals surface area contributed by atoms with Gasteiger partial charge in [0.2, 0.25) is 0 Å². The third-order valence-electron chi connectivity index (χ3n) is 4.53. The summed E-state index contributed by atoms with van der Waals surface area (Å²) in [7, 11) is 1.47. The van der Waals surface area contributed by atoms with Gasteiger partial charge in [-0.25, -0.2) is 0 Å². The highest BCUT2D eigenvalue weighted by Crippen LogP contribution is 2.37. The second kappa shape index (κ2) is 11.4. The number of benzene rings is 1. The minimum Gasteiger partial charge on any atom is -0.496 e. The van der Waals surface area contributed by atoms with E-state index in [1.165, 1.54) is 19.2 Å². The fourth-order valence-corrected chi connectivity index (χ4v) is 3.32. The molecule has 1 N–H and O–H groups in total. The SMILES string of the molecule is C=CCCCC[C@H](c1ccc(OC(F)(F)F)cc1OC)N1CCNCC1.Cl. The lowest BCUT2D eigenvalue weighted by Gasteiger charge is -2.36. The molecule has 0 radical (unpaired) electrons. The predicted molar refractivity (Wildman–Crippen MR) is 103 cm³/mol. The normalized spacial score (nSPS) is 16.3. The maximum absolute atomic E-state index is 12.5. The van der Waals surface area contributed by atoms with Gasteiger partial charge in [-0.3, -0.25) is 4.90 Å². The predicted octanol–water partition coefficient (Wildman–Crippen LogP) is 4.71. The van der Waals surface area contributed by atoms with Crippen molar-refractivity contribution in [2.24, 2.45) is 0 Å². The number of ether oxygens (including phenoxy) is 2. The Morgan fingerprint density at radius 1 is 1.26 bits per heavy atom. The summed E-state index contributed by atoms with van der Waals surface area (Å²) in [6.07, 6.45) is 1.14. The molecule has 1 aromatic carbocycles. The number of methoxy groups -OCH3 is 1. The van der Waals surface area contributed by atoms with Gasteiger partial charge in [0.1, 0.15) is 11.5 Å². The average Bonchev–Trinajstić information content (AvgIpc) is 2.61. The van der Waals surface area contributed by atoms with E-state index in [0.717, 1.165) is 57.4 Å². The van der Waals surface area contributed by atoms with Gasteiger partial charge >= 0.3 is 6.36 Å². The molecule has 4 nitrogen and oxygen atoms in total. The van der Waals surface area contributed by atoms with Gasteiger partial charge in [0.25, 0.3) is 0 Å². The van der Waals surface area contributed by atoms with Crippen LogP contribution in [0.2, 0.25) is 0 Å². The Balaban J connectivity index is 0.00000364. The first-order chi connectivity index (χ1) is 12.4. The Hall–Kier alpha value is -1.44. The van der Waals surface area contributed by atoms with Crippen LogP contribution in [0, 0.1) is 0 Å². The van der Waals surface area contributed by atoms with Gasteiger partial charge in [-0.1, -0.05) is 18.6 Å². The molecule has 1 aromatic rings. The fraction of sp³-hybridized carbons (Fsp3) is 0.579. The number of alkyl halides is 3. The summed E-state index contributed by atoms with van der Waals surface area (Å²) in [4.78, 5) is 2.37. The second-order valence-corrected chi connectivity index (χ2v) is 6.33. The summed E-state index contributed by atoms with van der Waals surface area (Å²) in [6.45, 7) is 7.35. The zero-order valence-electron chi connectivity index (χ0n) is 15.6. The Kier molecular flexibility index (Phi) is 9.98. The Bertz CT molecular complexity index is 579. The van der Waals surface area contributed by atoms with Crippen molar-refractivity contribution in [3.63, 3.8) is 0 Å². The van der Waals surface area contributed by atoms with Crippen LogP contribution in [0.1, 0.15) is 37.3 Å². The lowest BCUT2D eigenvalue weighted by atomic mass is 9.97. The maximum atomic E-state index is 12.5. The molecule has 0 bridgehead atoms. The zero-order valence-corrected chi connectivity index (χ0v) is 16.4. The number of nitrogens with one attached hydrogen (secondary N) is 1. The molecule has 0 aromatic heterocycles. The van der Waals surface area contributed by atoms with Gasteiger partial charge in [0.05, 0.1) is 7.11 Å². The molecule has 1 saturated heterocycles. The van der Waals surface area contributed by atoms with E-state index in [2.05, 4.69) is 21.5 Å². The molecule has 1 atom stereocenters. The third kappa shape index (κ3) is 7.60. The van der Waals surface area contributed by atoms with Crippen LogP contribution in [-0.4, -0.2) is 44.6 Å². The van der Waals surface area contributed by atoms with E-state index in [4.69, 9.17) is 4.74 Å². The summed E-state index contributed by atoms with van der Waals surface area (Å²) in [5.41, 5.74) is 0.905. The van der Waals surface area contributed by atoms with Crippen LogP contribution in [0.25, 0.3) is 0 Å². The summed E-state index contributed by atoms with van der Waals surface area (Å²) < 4.78 is 46.9. The molecule has 0 aliphatic carbocycles. The van der Waals surface area contributed by atoms with Crippen LogP contribution >= 0.6 is 12.4 Å². The van der Waals surface area contributed by atoms with E-state index in [1.807, 2.05) is 6.08 Å². The summed E-state index contributed by atoms with van der Waals surface area (Å²) in [5.74, 6) is 0.169. The van der Waals surface area contributed by atoms with E-state index < -0.39 is 6.36 Å². The molecule has 0 amide bonds. The number of piperazine rings is 1. The maximum Gasteiger partial charge on any atom is 0.573 e. The molecule has 0 unspecified atom stereocenters. The van der Waals surface area contributed by atoms with E-state index in [9.17, 15) is 13.2 Å². The van der Waals surface area contributed by atoms with Crippen molar-refractivity contribution in [1.82, 2.24) is 10.2 Å². The molecule has 154 valence electrons. The molecule has 1 aliphatic heterocycles. The second-order valence-electron chi connectivity index (χ2n) is 6.33. The molecular formula is C19H28ClF3N2O2. The van der Waals surface area contributed by atoms with Crippen LogP contribution in [0.4, 0.5) is 13.2 Å². The van der Waals surface area contributed by atoms with Crippen molar-refractivity contribution in [1.29, 1.82) is 0 Å². The van der Waals surface area contributed by atoms with E-state index in [0.29, 0.717) is 5.75 Å². The van der Waals surface area contributed by atoms with Crippen molar-refractivity contribution >= 4 is 12.4 Å². The molecule has 2 rings (SSSR count). The van der Waals surface area contributed by atoms with Crippen LogP contribution in [0.15, 0.2) is 30.9 Å². The highest BCUT2D eigenvalue weighted by atomic mass is 35.5. The highest BCUT2D eigenvalue weighted by molar-refractivity contribution is 5.85. The lowest BCUT2D eigenvalue weighted by molar-refractivity contribution is -0.274. The smallest absolute Gasteiger partial charge is 0.496 e. The van der Waals surface area contributed by atoms with Crippen molar-refractivity contribution in [2.45, 2.75) is 38.1 Å². The highest BCUT2D eigenvalue weighted by Gasteiger charge is 2.32. The molecule has 0 saturated carbocycles. The third-order valence-corrected chi connectivity index (χ3v) is 4.53. The van der Waals surface area contributed by atoms with Crippen molar-refractivity contribution in [3.05, 3.63) is 36.4 Å². The molecular weight excluding hydrogens is 381 g/mol. The molecule has 1 fully saturated rings. The standard InChI is InChI=1S/C19H27F3N2O2.ClH/c1-3-4-5-6-7-17(24-12-10-23-11-13-24)16-9-8-15(14-18(16)25-2)26-19(20,21)22;/h3,8-9,14,17,23H,1,4-7,10-13H2,2H3;1H/t17-;/m1./s1.